The molecule has 0 unspecified atom stereocenters. The Morgan fingerprint density at radius 1 is 0.379 bits per heavy atom. The molecule has 5 nitrogen and oxygen atoms in total. The minimum absolute atomic E-state index is 0.566. The highest BCUT2D eigenvalue weighted by molar-refractivity contribution is 5.77. The first-order valence-electron chi connectivity index (χ1n) is 19.2. The van der Waals surface area contributed by atoms with E-state index in [9.17, 15) is 5.26 Å². The van der Waals surface area contributed by atoms with Crippen molar-refractivity contribution in [3.63, 3.8) is 0 Å². The third-order valence-electron chi connectivity index (χ3n) is 11.0. The van der Waals surface area contributed by atoms with Crippen LogP contribution in [0.4, 0.5) is 0 Å². The van der Waals surface area contributed by atoms with Crippen molar-refractivity contribution in [2.75, 3.05) is 0 Å². The molecule has 0 amide bonds. The van der Waals surface area contributed by atoms with Gasteiger partial charge in [-0.25, -0.2) is 15.0 Å². The van der Waals surface area contributed by atoms with Gasteiger partial charge in [-0.1, -0.05) is 188 Å². The van der Waals surface area contributed by atoms with Crippen molar-refractivity contribution in [1.82, 2.24) is 15.0 Å². The van der Waals surface area contributed by atoms with Crippen molar-refractivity contribution >= 4 is 0 Å². The number of nitriles is 1. The summed E-state index contributed by atoms with van der Waals surface area (Å²) >= 11 is 0. The van der Waals surface area contributed by atoms with Crippen LogP contribution < -0.4 is 4.74 Å². The second-order valence-electron chi connectivity index (χ2n) is 14.3. The molecule has 58 heavy (non-hydrogen) atoms. The Hall–Kier alpha value is -7.94. The number of hydrogen-bond donors (Lipinski definition) is 0. The zero-order valence-corrected chi connectivity index (χ0v) is 31.3. The predicted molar refractivity (Wildman–Crippen MR) is 230 cm³/mol. The van der Waals surface area contributed by atoms with Gasteiger partial charge in [0.1, 0.15) is 11.5 Å². The maximum Gasteiger partial charge on any atom is 0.164 e. The lowest BCUT2D eigenvalue weighted by atomic mass is 9.63. The Bertz CT molecular complexity index is 2920. The van der Waals surface area contributed by atoms with E-state index in [1.165, 1.54) is 11.1 Å². The van der Waals surface area contributed by atoms with Crippen molar-refractivity contribution in [2.24, 2.45) is 0 Å². The number of benzene rings is 8. The topological polar surface area (TPSA) is 71.7 Å². The number of hydrogen-bond acceptors (Lipinski definition) is 5. The molecule has 272 valence electrons. The van der Waals surface area contributed by atoms with Crippen molar-refractivity contribution in [1.29, 1.82) is 5.26 Å². The molecule has 0 saturated carbocycles. The van der Waals surface area contributed by atoms with Gasteiger partial charge in [0, 0.05) is 27.8 Å². The van der Waals surface area contributed by atoms with E-state index < -0.39 is 5.41 Å². The summed E-state index contributed by atoms with van der Waals surface area (Å²) in [5.41, 5.74) is 11.2. The Labute approximate surface area is 337 Å². The van der Waals surface area contributed by atoms with Crippen LogP contribution in [0.1, 0.15) is 27.8 Å². The summed E-state index contributed by atoms with van der Waals surface area (Å²) in [7, 11) is 0. The highest BCUT2D eigenvalue weighted by Gasteiger charge is 2.45. The highest BCUT2D eigenvalue weighted by Crippen LogP contribution is 2.55. The van der Waals surface area contributed by atoms with E-state index in [4.69, 9.17) is 19.7 Å². The van der Waals surface area contributed by atoms with Crippen LogP contribution in [0.2, 0.25) is 0 Å². The van der Waals surface area contributed by atoms with Crippen LogP contribution in [0.25, 0.3) is 56.4 Å². The van der Waals surface area contributed by atoms with Gasteiger partial charge in [-0.3, -0.25) is 0 Å². The molecule has 0 spiro atoms. The molecule has 5 heteroatoms. The van der Waals surface area contributed by atoms with E-state index >= 15 is 0 Å². The van der Waals surface area contributed by atoms with Crippen LogP contribution in [0.15, 0.2) is 206 Å². The van der Waals surface area contributed by atoms with Crippen molar-refractivity contribution in [2.45, 2.75) is 5.41 Å². The number of fused-ring (bicyclic) bond motifs is 2. The molecule has 0 atom stereocenters. The summed E-state index contributed by atoms with van der Waals surface area (Å²) in [5, 5.41) is 9.67. The molecule has 0 fully saturated rings. The van der Waals surface area contributed by atoms with Crippen LogP contribution in [0.5, 0.6) is 11.5 Å². The molecule has 0 saturated heterocycles. The molecular formula is C53H34N4O. The molecular weight excluding hydrogens is 709 g/mol. The molecule has 0 radical (unpaired) electrons. The predicted octanol–water partition coefficient (Wildman–Crippen LogP) is 12.6. The molecule has 1 aliphatic heterocycles. The second kappa shape index (κ2) is 14.6. The standard InChI is InChI=1S/C53H34N4O/c54-35-42-16-10-11-21-45(42)37-26-30-40(31-27-37)52-56-50(38-14-4-1-5-15-38)55-51(57-52)39-28-24-36(25-29-39)41-32-33-47-49(34-41)58-48-23-13-12-22-46(48)53(47,43-17-6-2-7-18-43)44-19-8-3-9-20-44/h1-34H. The van der Waals surface area contributed by atoms with Crippen molar-refractivity contribution in [3.05, 3.63) is 234 Å². The number of nitrogens with zero attached hydrogens (tertiary/aromatic N) is 4. The summed E-state index contributed by atoms with van der Waals surface area (Å²) in [4.78, 5) is 14.9. The van der Waals surface area contributed by atoms with Gasteiger partial charge in [0.05, 0.1) is 17.0 Å². The average Bonchev–Trinajstić information content (AvgIpc) is 3.31. The lowest BCUT2D eigenvalue weighted by Gasteiger charge is -2.41. The van der Waals surface area contributed by atoms with E-state index in [0.29, 0.717) is 23.0 Å². The molecule has 0 N–H and O–H groups in total. The van der Waals surface area contributed by atoms with Crippen molar-refractivity contribution < 1.29 is 4.74 Å². The van der Waals surface area contributed by atoms with E-state index in [1.807, 2.05) is 84.9 Å². The van der Waals surface area contributed by atoms with E-state index in [2.05, 4.69) is 127 Å². The van der Waals surface area contributed by atoms with Crippen LogP contribution >= 0.6 is 0 Å². The monoisotopic (exact) mass is 742 g/mol. The first-order valence-corrected chi connectivity index (χ1v) is 19.2. The molecule has 10 rings (SSSR count). The Morgan fingerprint density at radius 3 is 1.43 bits per heavy atom. The first-order chi connectivity index (χ1) is 28.7. The molecule has 9 aromatic rings. The number of aromatic nitrogens is 3. The summed E-state index contributed by atoms with van der Waals surface area (Å²) in [5.74, 6) is 3.41. The molecule has 0 bridgehead atoms. The van der Waals surface area contributed by atoms with Crippen LogP contribution in [-0.2, 0) is 5.41 Å². The minimum atomic E-state index is -0.566. The van der Waals surface area contributed by atoms with Gasteiger partial charge in [0.25, 0.3) is 0 Å². The fourth-order valence-corrected chi connectivity index (χ4v) is 8.18. The zero-order valence-electron chi connectivity index (χ0n) is 31.3. The molecule has 2 heterocycles. The third-order valence-corrected chi connectivity index (χ3v) is 11.0. The largest absolute Gasteiger partial charge is 0.457 e. The number of ether oxygens (including phenoxy) is 1. The first kappa shape index (κ1) is 34.5. The maximum absolute atomic E-state index is 9.67. The number of rotatable bonds is 7. The molecule has 0 aliphatic carbocycles. The lowest BCUT2D eigenvalue weighted by molar-refractivity contribution is 0.435. The average molecular weight is 743 g/mol. The fourth-order valence-electron chi connectivity index (χ4n) is 8.18. The highest BCUT2D eigenvalue weighted by atomic mass is 16.5. The van der Waals surface area contributed by atoms with Crippen LogP contribution in [0, 0.1) is 11.3 Å². The van der Waals surface area contributed by atoms with Gasteiger partial charge < -0.3 is 4.74 Å². The quantitative estimate of drug-likeness (QED) is 0.163. The second-order valence-corrected chi connectivity index (χ2v) is 14.3. The lowest BCUT2D eigenvalue weighted by Crippen LogP contribution is -2.34. The van der Waals surface area contributed by atoms with Gasteiger partial charge in [0.15, 0.2) is 17.5 Å². The normalized spacial score (nSPS) is 12.4. The summed E-state index contributed by atoms with van der Waals surface area (Å²) in [6, 6.07) is 72.7. The van der Waals surface area contributed by atoms with Crippen LogP contribution in [0.3, 0.4) is 0 Å². The van der Waals surface area contributed by atoms with Gasteiger partial charge in [-0.05, 0) is 51.6 Å². The molecule has 1 aromatic heterocycles. The van der Waals surface area contributed by atoms with Crippen molar-refractivity contribution in [3.8, 4) is 74.0 Å². The summed E-state index contributed by atoms with van der Waals surface area (Å²) in [6.45, 7) is 0. The molecule has 1 aliphatic rings. The fraction of sp³-hybridized carbons (Fsp3) is 0.0189. The zero-order chi connectivity index (χ0) is 38.9. The van der Waals surface area contributed by atoms with Gasteiger partial charge >= 0.3 is 0 Å². The van der Waals surface area contributed by atoms with Gasteiger partial charge in [0.2, 0.25) is 0 Å². The minimum Gasteiger partial charge on any atom is -0.457 e. The Balaban J connectivity index is 1.04. The number of para-hydroxylation sites is 1. The Kier molecular flexibility index (Phi) is 8.70. The van der Waals surface area contributed by atoms with E-state index in [1.54, 1.807) is 0 Å². The van der Waals surface area contributed by atoms with E-state index in [0.717, 1.165) is 61.6 Å². The van der Waals surface area contributed by atoms with Gasteiger partial charge in [-0.2, -0.15) is 5.26 Å². The SMILES string of the molecule is N#Cc1ccccc1-c1ccc(-c2nc(-c3ccccc3)nc(-c3ccc(-c4ccc5c(c4)Oc4ccccc4C5(c4ccccc4)c4ccccc4)cc3)n2)cc1. The third kappa shape index (κ3) is 6.01. The summed E-state index contributed by atoms with van der Waals surface area (Å²) in [6.07, 6.45) is 0. The maximum atomic E-state index is 9.67. The smallest absolute Gasteiger partial charge is 0.164 e. The molecule has 8 aromatic carbocycles. The van der Waals surface area contributed by atoms with E-state index in [-0.39, 0.29) is 0 Å². The van der Waals surface area contributed by atoms with Gasteiger partial charge in [-0.15, -0.1) is 0 Å². The summed E-state index contributed by atoms with van der Waals surface area (Å²) < 4.78 is 6.74. The van der Waals surface area contributed by atoms with Crippen LogP contribution in [-0.4, -0.2) is 15.0 Å². The Morgan fingerprint density at radius 2 is 0.828 bits per heavy atom.